The minimum absolute atomic E-state index is 0.256. The zero-order chi connectivity index (χ0) is 13.6. The number of pyridine rings is 1. The third-order valence-electron chi connectivity index (χ3n) is 3.80. The van der Waals surface area contributed by atoms with E-state index >= 15 is 0 Å². The molecule has 0 saturated carbocycles. The van der Waals surface area contributed by atoms with Gasteiger partial charge >= 0.3 is 0 Å². The highest BCUT2D eigenvalue weighted by Crippen LogP contribution is 2.32. The van der Waals surface area contributed by atoms with Crippen molar-refractivity contribution in [1.82, 2.24) is 15.0 Å². The second kappa shape index (κ2) is 3.95. The number of H-pyrrole nitrogens is 1. The van der Waals surface area contributed by atoms with Crippen molar-refractivity contribution < 1.29 is 0 Å². The number of nitrogens with zero attached hydrogens (tertiary/aromatic N) is 2. The number of aromatic nitrogens is 3. The quantitative estimate of drug-likeness (QED) is 0.775. The Kier molecular flexibility index (Phi) is 2.81. The molecule has 0 aromatic carbocycles. The van der Waals surface area contributed by atoms with Crippen LogP contribution in [0.2, 0.25) is 0 Å². The van der Waals surface area contributed by atoms with Crippen molar-refractivity contribution in [3.8, 4) is 0 Å². The Balaban J connectivity index is 2.54. The fourth-order valence-corrected chi connectivity index (χ4v) is 1.63. The van der Waals surface area contributed by atoms with Crippen LogP contribution in [0.25, 0.3) is 11.2 Å². The second-order valence-corrected chi connectivity index (χ2v) is 5.75. The number of rotatable bonds is 3. The van der Waals surface area contributed by atoms with Gasteiger partial charge in [-0.05, 0) is 26.0 Å². The molecule has 0 saturated heterocycles. The number of nitrogens with two attached hydrogens (primary N) is 1. The number of nitrogens with one attached hydrogen (secondary N) is 2. The molecule has 18 heavy (non-hydrogen) atoms. The molecule has 0 amide bonds. The largest absolute Gasteiger partial charge is 0.373 e. The van der Waals surface area contributed by atoms with Gasteiger partial charge < -0.3 is 16.0 Å². The zero-order valence-electron chi connectivity index (χ0n) is 11.6. The van der Waals surface area contributed by atoms with Gasteiger partial charge in [0.15, 0.2) is 5.65 Å². The van der Waals surface area contributed by atoms with Crippen LogP contribution in [-0.4, -0.2) is 27.5 Å². The van der Waals surface area contributed by atoms with E-state index in [0.717, 1.165) is 17.2 Å². The van der Waals surface area contributed by atoms with Crippen LogP contribution in [-0.2, 0) is 5.41 Å². The van der Waals surface area contributed by atoms with Crippen molar-refractivity contribution >= 4 is 17.0 Å². The third-order valence-corrected chi connectivity index (χ3v) is 3.80. The fourth-order valence-electron chi connectivity index (χ4n) is 1.63. The second-order valence-electron chi connectivity index (χ2n) is 5.75. The molecule has 5 nitrogen and oxygen atoms in total. The highest BCUT2D eigenvalue weighted by atomic mass is 15.1. The lowest BCUT2D eigenvalue weighted by molar-refractivity contribution is 0.293. The van der Waals surface area contributed by atoms with Gasteiger partial charge in [0, 0.05) is 18.0 Å². The number of imidazole rings is 1. The van der Waals surface area contributed by atoms with Gasteiger partial charge in [-0.2, -0.15) is 0 Å². The van der Waals surface area contributed by atoms with Gasteiger partial charge in [-0.15, -0.1) is 0 Å². The summed E-state index contributed by atoms with van der Waals surface area (Å²) in [5.74, 6) is 1.68. The molecule has 0 aliphatic heterocycles. The maximum atomic E-state index is 6.23. The van der Waals surface area contributed by atoms with Crippen LogP contribution in [0.3, 0.4) is 0 Å². The van der Waals surface area contributed by atoms with Crippen LogP contribution in [0.15, 0.2) is 12.1 Å². The lowest BCUT2D eigenvalue weighted by Gasteiger charge is -2.36. The molecular weight excluding hydrogens is 226 g/mol. The summed E-state index contributed by atoms with van der Waals surface area (Å²) in [6, 6.07) is 3.90. The minimum Gasteiger partial charge on any atom is -0.373 e. The van der Waals surface area contributed by atoms with Crippen molar-refractivity contribution in [2.24, 2.45) is 5.73 Å². The molecule has 0 aliphatic rings. The molecule has 0 aliphatic carbocycles. The molecule has 2 heterocycles. The molecule has 2 aromatic heterocycles. The first-order valence-corrected chi connectivity index (χ1v) is 6.09. The molecule has 0 fully saturated rings. The van der Waals surface area contributed by atoms with Gasteiger partial charge in [0.25, 0.3) is 0 Å². The fraction of sp³-hybridized carbons (Fsp3) is 0.538. The van der Waals surface area contributed by atoms with Gasteiger partial charge in [0.2, 0.25) is 0 Å². The Bertz CT molecular complexity index is 562. The van der Waals surface area contributed by atoms with E-state index in [1.54, 1.807) is 0 Å². The van der Waals surface area contributed by atoms with E-state index in [1.807, 2.05) is 33.0 Å². The summed E-state index contributed by atoms with van der Waals surface area (Å²) in [5, 5.41) is 3.01. The number of hydrogen-bond donors (Lipinski definition) is 3. The smallest absolute Gasteiger partial charge is 0.179 e. The van der Waals surface area contributed by atoms with Gasteiger partial charge in [-0.25, -0.2) is 9.97 Å². The summed E-state index contributed by atoms with van der Waals surface area (Å²) in [6.45, 7) is 8.19. The monoisotopic (exact) mass is 247 g/mol. The molecule has 0 spiro atoms. The van der Waals surface area contributed by atoms with Crippen molar-refractivity contribution in [3.63, 3.8) is 0 Å². The van der Waals surface area contributed by atoms with Crippen LogP contribution >= 0.6 is 0 Å². The van der Waals surface area contributed by atoms with E-state index in [-0.39, 0.29) is 11.0 Å². The number of fused-ring (bicyclic) bond motifs is 1. The highest BCUT2D eigenvalue weighted by Gasteiger charge is 2.37. The standard InChI is InChI=1S/C13H21N5/c1-12(2,13(3,4)14)11-16-8-6-7-9(15-5)17-10(8)18-11/h6-7H,14H2,1-5H3,(H2,15,16,17,18). The lowest BCUT2D eigenvalue weighted by atomic mass is 9.74. The SMILES string of the molecule is CNc1ccc2[nH]c(C(C)(C)C(C)(C)N)nc2n1. The lowest BCUT2D eigenvalue weighted by Crippen LogP contribution is -2.50. The van der Waals surface area contributed by atoms with E-state index in [1.165, 1.54) is 0 Å². The zero-order valence-corrected chi connectivity index (χ0v) is 11.6. The summed E-state index contributed by atoms with van der Waals surface area (Å²) in [4.78, 5) is 12.3. The molecule has 0 unspecified atom stereocenters. The van der Waals surface area contributed by atoms with Crippen LogP contribution < -0.4 is 11.1 Å². The first-order chi connectivity index (χ1) is 8.25. The minimum atomic E-state index is -0.368. The van der Waals surface area contributed by atoms with E-state index in [0.29, 0.717) is 5.65 Å². The molecule has 98 valence electrons. The average Bonchev–Trinajstić information content (AvgIpc) is 2.70. The molecule has 5 heteroatoms. The Morgan fingerprint density at radius 2 is 1.83 bits per heavy atom. The maximum absolute atomic E-state index is 6.23. The van der Waals surface area contributed by atoms with Crippen LogP contribution in [0.1, 0.15) is 33.5 Å². The Morgan fingerprint density at radius 1 is 1.17 bits per heavy atom. The third kappa shape index (κ3) is 1.95. The summed E-state index contributed by atoms with van der Waals surface area (Å²) in [7, 11) is 1.84. The molecule has 0 atom stereocenters. The van der Waals surface area contributed by atoms with E-state index in [4.69, 9.17) is 5.73 Å². The first-order valence-electron chi connectivity index (χ1n) is 6.09. The Labute approximate surface area is 107 Å². The predicted octanol–water partition coefficient (Wildman–Crippen LogP) is 2.01. The first kappa shape index (κ1) is 12.8. The summed E-state index contributed by atoms with van der Waals surface area (Å²) >= 11 is 0. The summed E-state index contributed by atoms with van der Waals surface area (Å²) in [5.41, 5.74) is 7.25. The summed E-state index contributed by atoms with van der Waals surface area (Å²) in [6.07, 6.45) is 0. The van der Waals surface area contributed by atoms with Crippen molar-refractivity contribution in [1.29, 1.82) is 0 Å². The summed E-state index contributed by atoms with van der Waals surface area (Å²) < 4.78 is 0. The van der Waals surface area contributed by atoms with Gasteiger partial charge in [0.05, 0.1) is 5.52 Å². The Morgan fingerprint density at radius 3 is 2.39 bits per heavy atom. The van der Waals surface area contributed by atoms with Crippen molar-refractivity contribution in [3.05, 3.63) is 18.0 Å². The molecule has 4 N–H and O–H groups in total. The van der Waals surface area contributed by atoms with E-state index in [2.05, 4.69) is 34.1 Å². The van der Waals surface area contributed by atoms with Crippen molar-refractivity contribution in [2.45, 2.75) is 38.6 Å². The molecule has 2 rings (SSSR count). The predicted molar refractivity (Wildman–Crippen MR) is 74.7 cm³/mol. The average molecular weight is 247 g/mol. The van der Waals surface area contributed by atoms with Crippen LogP contribution in [0.4, 0.5) is 5.82 Å². The Hall–Kier alpha value is -1.62. The van der Waals surface area contributed by atoms with Gasteiger partial charge in [-0.3, -0.25) is 0 Å². The molecule has 0 bridgehead atoms. The van der Waals surface area contributed by atoms with Gasteiger partial charge in [-0.1, -0.05) is 13.8 Å². The number of anilines is 1. The normalized spacial score (nSPS) is 13.0. The number of hydrogen-bond acceptors (Lipinski definition) is 4. The topological polar surface area (TPSA) is 79.6 Å². The molecule has 0 radical (unpaired) electrons. The highest BCUT2D eigenvalue weighted by molar-refractivity contribution is 5.73. The number of aromatic amines is 1. The van der Waals surface area contributed by atoms with Crippen molar-refractivity contribution in [2.75, 3.05) is 12.4 Å². The molecule has 2 aromatic rings. The van der Waals surface area contributed by atoms with E-state index < -0.39 is 0 Å². The maximum Gasteiger partial charge on any atom is 0.179 e. The molecular formula is C13H21N5. The van der Waals surface area contributed by atoms with Crippen LogP contribution in [0.5, 0.6) is 0 Å². The van der Waals surface area contributed by atoms with Crippen LogP contribution in [0, 0.1) is 0 Å². The van der Waals surface area contributed by atoms with E-state index in [9.17, 15) is 0 Å². The van der Waals surface area contributed by atoms with Gasteiger partial charge in [0.1, 0.15) is 11.6 Å².